The summed E-state index contributed by atoms with van der Waals surface area (Å²) in [4.78, 5) is 4.74. The number of benzene rings is 10. The van der Waals surface area contributed by atoms with Gasteiger partial charge in [0.1, 0.15) is 11.2 Å². The van der Waals surface area contributed by atoms with Crippen LogP contribution in [0.4, 0.5) is 34.1 Å². The molecule has 0 saturated heterocycles. The predicted molar refractivity (Wildman–Crippen MR) is 276 cm³/mol. The standard InChI is InChI=1S/C60H39N3OS/c1-4-16-42(17-5-1)61(47-32-34-51-50-25-11-13-29-58(50)65-59(51)39-47)45-22-14-23-46(38-45)62(43-18-6-2-7-19-43)54-27-15-28-57-60(54)52-36-40(31-35-56(52)64-57)41-30-33-49-48-24-10-12-26-53(48)63(55(49)37-41)44-20-8-3-9-21-44/h1-39H. The van der Waals surface area contributed by atoms with Gasteiger partial charge in [-0.05, 0) is 120 Å². The Balaban J connectivity index is 0.972. The molecular weight excluding hydrogens is 811 g/mol. The lowest BCUT2D eigenvalue weighted by atomic mass is 10.0. The number of hydrogen-bond acceptors (Lipinski definition) is 4. The van der Waals surface area contributed by atoms with Gasteiger partial charge in [0.05, 0.1) is 22.1 Å². The molecule has 0 saturated carbocycles. The molecule has 0 spiro atoms. The van der Waals surface area contributed by atoms with E-state index < -0.39 is 0 Å². The molecule has 0 atom stereocenters. The average molecular weight is 850 g/mol. The maximum Gasteiger partial charge on any atom is 0.137 e. The molecule has 65 heavy (non-hydrogen) atoms. The molecule has 0 aliphatic heterocycles. The number of nitrogens with zero attached hydrogens (tertiary/aromatic N) is 3. The summed E-state index contributed by atoms with van der Waals surface area (Å²) in [6, 6.07) is 85.1. The maximum atomic E-state index is 6.69. The second-order valence-corrected chi connectivity index (χ2v) is 17.6. The van der Waals surface area contributed by atoms with Gasteiger partial charge in [0.25, 0.3) is 0 Å². The monoisotopic (exact) mass is 849 g/mol. The lowest BCUT2D eigenvalue weighted by molar-refractivity contribution is 0.669. The van der Waals surface area contributed by atoms with Crippen molar-refractivity contribution in [2.75, 3.05) is 9.80 Å². The Morgan fingerprint density at radius 1 is 0.338 bits per heavy atom. The van der Waals surface area contributed by atoms with Crippen LogP contribution in [0.25, 0.3) is 80.7 Å². The predicted octanol–water partition coefficient (Wildman–Crippen LogP) is 17.7. The number of furan rings is 1. The highest BCUT2D eigenvalue weighted by atomic mass is 32.1. The van der Waals surface area contributed by atoms with Gasteiger partial charge in [-0.25, -0.2) is 0 Å². The van der Waals surface area contributed by atoms with E-state index in [-0.39, 0.29) is 0 Å². The van der Waals surface area contributed by atoms with Crippen LogP contribution in [0, 0.1) is 0 Å². The van der Waals surface area contributed by atoms with Crippen LogP contribution in [0.5, 0.6) is 0 Å². The third-order valence-corrected chi connectivity index (χ3v) is 13.9. The van der Waals surface area contributed by atoms with Crippen molar-refractivity contribution < 1.29 is 4.42 Å². The van der Waals surface area contributed by atoms with E-state index in [1.807, 2.05) is 11.3 Å². The van der Waals surface area contributed by atoms with Crippen molar-refractivity contribution >= 4 is 109 Å². The minimum Gasteiger partial charge on any atom is -0.456 e. The number of hydrogen-bond donors (Lipinski definition) is 0. The molecule has 3 aromatic heterocycles. The van der Waals surface area contributed by atoms with E-state index in [4.69, 9.17) is 4.42 Å². The van der Waals surface area contributed by atoms with E-state index in [0.717, 1.165) is 72.9 Å². The molecule has 0 bridgehead atoms. The number of para-hydroxylation sites is 4. The first-order valence-electron chi connectivity index (χ1n) is 22.0. The third kappa shape index (κ3) is 6.20. The number of thiophene rings is 1. The van der Waals surface area contributed by atoms with Crippen molar-refractivity contribution in [1.82, 2.24) is 4.57 Å². The first-order chi connectivity index (χ1) is 32.2. The highest BCUT2D eigenvalue weighted by molar-refractivity contribution is 7.25. The van der Waals surface area contributed by atoms with Crippen LogP contribution in [0.3, 0.4) is 0 Å². The van der Waals surface area contributed by atoms with Crippen LogP contribution >= 0.6 is 11.3 Å². The van der Waals surface area contributed by atoms with Crippen LogP contribution in [0.2, 0.25) is 0 Å². The minimum absolute atomic E-state index is 0.842. The van der Waals surface area contributed by atoms with Crippen LogP contribution in [-0.2, 0) is 0 Å². The van der Waals surface area contributed by atoms with Gasteiger partial charge in [-0.1, -0.05) is 127 Å². The zero-order valence-electron chi connectivity index (χ0n) is 35.2. The second kappa shape index (κ2) is 15.2. The highest BCUT2D eigenvalue weighted by Crippen LogP contribution is 2.47. The SMILES string of the molecule is c1ccc(N(c2cccc(N(c3ccccc3)c3cccc4oc5ccc(-c6ccc7c8ccccc8n(-c8ccccc8)c7c6)cc5c34)c2)c2ccc3c(c2)sc2ccccc23)cc1. The zero-order valence-corrected chi connectivity index (χ0v) is 36.0. The summed E-state index contributed by atoms with van der Waals surface area (Å²) >= 11 is 1.84. The van der Waals surface area contributed by atoms with E-state index in [9.17, 15) is 0 Å². The fourth-order valence-electron chi connectivity index (χ4n) is 9.83. The quantitative estimate of drug-likeness (QED) is 0.152. The minimum atomic E-state index is 0.842. The topological polar surface area (TPSA) is 24.6 Å². The van der Waals surface area contributed by atoms with Gasteiger partial charge in [-0.2, -0.15) is 0 Å². The number of aromatic nitrogens is 1. The lowest BCUT2D eigenvalue weighted by Crippen LogP contribution is -2.13. The number of rotatable bonds is 8. The van der Waals surface area contributed by atoms with Gasteiger partial charge in [-0.15, -0.1) is 11.3 Å². The molecule has 0 N–H and O–H groups in total. The zero-order chi connectivity index (χ0) is 42.8. The normalized spacial score (nSPS) is 11.7. The summed E-state index contributed by atoms with van der Waals surface area (Å²) in [5.74, 6) is 0. The van der Waals surface area contributed by atoms with E-state index in [1.165, 1.54) is 42.0 Å². The fraction of sp³-hybridized carbons (Fsp3) is 0. The fourth-order valence-corrected chi connectivity index (χ4v) is 11.0. The maximum absolute atomic E-state index is 6.69. The van der Waals surface area contributed by atoms with Crippen molar-refractivity contribution in [2.24, 2.45) is 0 Å². The molecule has 0 aliphatic carbocycles. The molecule has 10 aromatic carbocycles. The molecule has 0 unspecified atom stereocenters. The van der Waals surface area contributed by atoms with E-state index >= 15 is 0 Å². The van der Waals surface area contributed by atoms with Gasteiger partial charge in [0.15, 0.2) is 0 Å². The molecule has 0 radical (unpaired) electrons. The molecular formula is C60H39N3OS. The first-order valence-corrected chi connectivity index (χ1v) is 22.8. The summed E-state index contributed by atoms with van der Waals surface area (Å²) in [6.45, 7) is 0. The summed E-state index contributed by atoms with van der Waals surface area (Å²) < 4.78 is 11.6. The van der Waals surface area contributed by atoms with Crippen molar-refractivity contribution in [3.8, 4) is 16.8 Å². The molecule has 306 valence electrons. The van der Waals surface area contributed by atoms with Crippen molar-refractivity contribution in [1.29, 1.82) is 0 Å². The van der Waals surface area contributed by atoms with Crippen LogP contribution < -0.4 is 9.80 Å². The molecule has 0 amide bonds. The largest absolute Gasteiger partial charge is 0.456 e. The van der Waals surface area contributed by atoms with Crippen LogP contribution in [0.15, 0.2) is 241 Å². The van der Waals surface area contributed by atoms with Gasteiger partial charge in [-0.3, -0.25) is 0 Å². The Morgan fingerprint density at radius 3 is 1.74 bits per heavy atom. The van der Waals surface area contributed by atoms with Crippen molar-refractivity contribution in [3.05, 3.63) is 237 Å². The molecule has 3 heterocycles. The summed E-state index contributed by atoms with van der Waals surface area (Å²) in [5, 5.41) is 7.19. The van der Waals surface area contributed by atoms with E-state index in [1.54, 1.807) is 0 Å². The first kappa shape index (κ1) is 37.2. The smallest absolute Gasteiger partial charge is 0.137 e. The van der Waals surface area contributed by atoms with Gasteiger partial charge in [0, 0.05) is 70.5 Å². The molecule has 13 rings (SSSR count). The van der Waals surface area contributed by atoms with Crippen molar-refractivity contribution in [2.45, 2.75) is 0 Å². The molecule has 0 aliphatic rings. The molecule has 5 heteroatoms. The Labute approximate surface area is 379 Å². The highest BCUT2D eigenvalue weighted by Gasteiger charge is 2.22. The number of anilines is 6. The van der Waals surface area contributed by atoms with Crippen molar-refractivity contribution in [3.63, 3.8) is 0 Å². The van der Waals surface area contributed by atoms with Gasteiger partial charge in [0.2, 0.25) is 0 Å². The molecule has 0 fully saturated rings. The summed E-state index contributed by atoms with van der Waals surface area (Å²) in [7, 11) is 0. The Kier molecular flexibility index (Phi) is 8.68. The van der Waals surface area contributed by atoms with Crippen LogP contribution in [-0.4, -0.2) is 4.57 Å². The Morgan fingerprint density at radius 2 is 0.923 bits per heavy atom. The second-order valence-electron chi connectivity index (χ2n) is 16.5. The average Bonchev–Trinajstić information content (AvgIpc) is 4.04. The van der Waals surface area contributed by atoms with Gasteiger partial charge < -0.3 is 18.8 Å². The lowest BCUT2D eigenvalue weighted by Gasteiger charge is -2.29. The Hall–Kier alpha value is -8.38. The summed E-state index contributed by atoms with van der Waals surface area (Å²) in [6.07, 6.45) is 0. The molecule has 13 aromatic rings. The third-order valence-electron chi connectivity index (χ3n) is 12.7. The molecule has 4 nitrogen and oxygen atoms in total. The van der Waals surface area contributed by atoms with E-state index in [0.29, 0.717) is 0 Å². The van der Waals surface area contributed by atoms with E-state index in [2.05, 4.69) is 251 Å². The van der Waals surface area contributed by atoms with Crippen LogP contribution in [0.1, 0.15) is 0 Å². The number of fused-ring (bicyclic) bond motifs is 9. The Bertz CT molecular complexity index is 3910. The van der Waals surface area contributed by atoms with Gasteiger partial charge >= 0.3 is 0 Å². The summed E-state index contributed by atoms with van der Waals surface area (Å²) in [5.41, 5.74) is 13.9.